The van der Waals surface area contributed by atoms with Crippen LogP contribution in [-0.4, -0.2) is 10.1 Å². The van der Waals surface area contributed by atoms with Gasteiger partial charge >= 0.3 is 0 Å². The molecule has 2 rings (SSSR count). The molecule has 0 atom stereocenters. The summed E-state index contributed by atoms with van der Waals surface area (Å²) in [5, 5.41) is 9.80. The van der Waals surface area contributed by atoms with Crippen LogP contribution in [0.4, 0.5) is 0 Å². The predicted molar refractivity (Wildman–Crippen MR) is 71.2 cm³/mol. The van der Waals surface area contributed by atoms with Crippen LogP contribution in [0.2, 0.25) is 5.02 Å². The van der Waals surface area contributed by atoms with E-state index in [2.05, 4.69) is 4.98 Å². The molecule has 4 heteroatoms. The van der Waals surface area contributed by atoms with E-state index >= 15 is 0 Å². The third-order valence-electron chi connectivity index (χ3n) is 2.56. The average molecular weight is 264 g/mol. The Labute approximate surface area is 111 Å². The first-order chi connectivity index (χ1) is 8.60. The lowest BCUT2D eigenvalue weighted by atomic mass is 10.2. The Bertz CT molecular complexity index is 570. The summed E-state index contributed by atoms with van der Waals surface area (Å²) in [6.07, 6.45) is 1.60. The number of aryl methyl sites for hydroxylation is 2. The van der Waals surface area contributed by atoms with Gasteiger partial charge in [-0.1, -0.05) is 17.7 Å². The lowest BCUT2D eigenvalue weighted by Crippen LogP contribution is -1.95. The molecule has 0 radical (unpaired) electrons. The van der Waals surface area contributed by atoms with Crippen molar-refractivity contribution in [3.63, 3.8) is 0 Å². The summed E-state index contributed by atoms with van der Waals surface area (Å²) in [7, 11) is 0. The second-order valence-corrected chi connectivity index (χ2v) is 4.53. The van der Waals surface area contributed by atoms with Gasteiger partial charge < -0.3 is 9.84 Å². The van der Waals surface area contributed by atoms with E-state index in [1.54, 1.807) is 12.3 Å². The number of ether oxygens (including phenoxy) is 1. The Morgan fingerprint density at radius 2 is 2.00 bits per heavy atom. The minimum absolute atomic E-state index is 0.119. The molecule has 1 N–H and O–H groups in total. The van der Waals surface area contributed by atoms with Gasteiger partial charge in [0.05, 0.1) is 11.6 Å². The molecule has 0 spiro atoms. The number of rotatable bonds is 3. The van der Waals surface area contributed by atoms with Crippen molar-refractivity contribution >= 4 is 11.6 Å². The Hall–Kier alpha value is -1.58. The number of aromatic nitrogens is 1. The van der Waals surface area contributed by atoms with Gasteiger partial charge in [0.2, 0.25) is 0 Å². The van der Waals surface area contributed by atoms with Crippen LogP contribution < -0.4 is 4.74 Å². The molecule has 0 fully saturated rings. The monoisotopic (exact) mass is 263 g/mol. The predicted octanol–water partition coefficient (Wildman–Crippen LogP) is 3.64. The Kier molecular flexibility index (Phi) is 3.84. The van der Waals surface area contributed by atoms with Gasteiger partial charge in [-0.2, -0.15) is 0 Å². The lowest BCUT2D eigenvalue weighted by molar-refractivity contribution is 0.276. The molecule has 94 valence electrons. The minimum atomic E-state index is -0.119. The molecule has 3 nitrogen and oxygen atoms in total. The summed E-state index contributed by atoms with van der Waals surface area (Å²) in [5.74, 6) is 1.15. The number of pyridine rings is 1. The van der Waals surface area contributed by atoms with E-state index in [0.717, 1.165) is 11.3 Å². The Morgan fingerprint density at radius 3 is 2.67 bits per heavy atom. The fourth-order valence-electron chi connectivity index (χ4n) is 1.58. The molecule has 0 saturated carbocycles. The normalized spacial score (nSPS) is 10.4. The maximum absolute atomic E-state index is 9.25. The van der Waals surface area contributed by atoms with Crippen LogP contribution in [0, 0.1) is 13.8 Å². The van der Waals surface area contributed by atoms with Crippen molar-refractivity contribution in [3.8, 4) is 11.5 Å². The van der Waals surface area contributed by atoms with E-state index in [0.29, 0.717) is 22.1 Å². The smallest absolute Gasteiger partial charge is 0.146 e. The molecule has 1 aromatic carbocycles. The summed E-state index contributed by atoms with van der Waals surface area (Å²) in [6.45, 7) is 3.71. The summed E-state index contributed by atoms with van der Waals surface area (Å²) in [4.78, 5) is 4.12. The number of aliphatic hydroxyl groups excluding tert-OH is 1. The quantitative estimate of drug-likeness (QED) is 0.919. The van der Waals surface area contributed by atoms with E-state index in [4.69, 9.17) is 16.3 Å². The molecule has 0 amide bonds. The first-order valence-electron chi connectivity index (χ1n) is 5.60. The molecule has 0 saturated heterocycles. The molecule has 2 aromatic rings. The summed E-state index contributed by atoms with van der Waals surface area (Å²) in [6, 6.07) is 7.35. The minimum Gasteiger partial charge on any atom is -0.455 e. The highest BCUT2D eigenvalue weighted by atomic mass is 35.5. The first-order valence-corrected chi connectivity index (χ1v) is 5.98. The highest BCUT2D eigenvalue weighted by Crippen LogP contribution is 2.31. The highest BCUT2D eigenvalue weighted by Gasteiger charge is 2.08. The molecule has 0 aliphatic rings. The van der Waals surface area contributed by atoms with Gasteiger partial charge in [-0.05, 0) is 31.5 Å². The average Bonchev–Trinajstić information content (AvgIpc) is 2.33. The standard InChI is InChI=1S/C14H14ClNO2/c1-9-3-4-13(12(15)5-9)18-14-6-10(2)16-7-11(14)8-17/h3-7,17H,8H2,1-2H3. The van der Waals surface area contributed by atoms with Crippen molar-refractivity contribution in [2.24, 2.45) is 0 Å². The van der Waals surface area contributed by atoms with Crippen molar-refractivity contribution < 1.29 is 9.84 Å². The van der Waals surface area contributed by atoms with Crippen molar-refractivity contribution in [2.75, 3.05) is 0 Å². The van der Waals surface area contributed by atoms with E-state index in [-0.39, 0.29) is 6.61 Å². The van der Waals surface area contributed by atoms with Gasteiger partial charge in [0.15, 0.2) is 0 Å². The summed E-state index contributed by atoms with van der Waals surface area (Å²) >= 11 is 6.11. The van der Waals surface area contributed by atoms with Gasteiger partial charge in [0, 0.05) is 23.5 Å². The second-order valence-electron chi connectivity index (χ2n) is 4.13. The SMILES string of the molecule is Cc1ccc(Oc2cc(C)ncc2CO)c(Cl)c1. The van der Waals surface area contributed by atoms with Crippen molar-refractivity contribution in [1.82, 2.24) is 4.98 Å². The molecule has 1 aromatic heterocycles. The van der Waals surface area contributed by atoms with Gasteiger partial charge in [-0.25, -0.2) is 0 Å². The number of aliphatic hydroxyl groups is 1. The molecular weight excluding hydrogens is 250 g/mol. The zero-order valence-corrected chi connectivity index (χ0v) is 11.0. The van der Waals surface area contributed by atoms with Crippen LogP contribution in [0.5, 0.6) is 11.5 Å². The number of halogens is 1. The van der Waals surface area contributed by atoms with Crippen molar-refractivity contribution in [3.05, 3.63) is 52.3 Å². The van der Waals surface area contributed by atoms with Gasteiger partial charge in [-0.15, -0.1) is 0 Å². The van der Waals surface area contributed by atoms with E-state index < -0.39 is 0 Å². The van der Waals surface area contributed by atoms with Gasteiger partial charge in [0.25, 0.3) is 0 Å². The summed E-state index contributed by atoms with van der Waals surface area (Å²) in [5.41, 5.74) is 2.53. The lowest BCUT2D eigenvalue weighted by Gasteiger charge is -2.11. The molecule has 0 aliphatic carbocycles. The first kappa shape index (κ1) is 12.9. The van der Waals surface area contributed by atoms with Crippen LogP contribution in [0.15, 0.2) is 30.5 Å². The fourth-order valence-corrected chi connectivity index (χ4v) is 1.86. The molecule has 0 aliphatic heterocycles. The van der Waals surface area contributed by atoms with Crippen LogP contribution in [-0.2, 0) is 6.61 Å². The van der Waals surface area contributed by atoms with E-state index in [1.165, 1.54) is 0 Å². The Morgan fingerprint density at radius 1 is 1.22 bits per heavy atom. The number of benzene rings is 1. The van der Waals surface area contributed by atoms with Crippen LogP contribution in [0.1, 0.15) is 16.8 Å². The molecule has 0 unspecified atom stereocenters. The van der Waals surface area contributed by atoms with Crippen LogP contribution >= 0.6 is 11.6 Å². The van der Waals surface area contributed by atoms with Gasteiger partial charge in [-0.3, -0.25) is 4.98 Å². The van der Waals surface area contributed by atoms with Crippen LogP contribution in [0.25, 0.3) is 0 Å². The highest BCUT2D eigenvalue weighted by molar-refractivity contribution is 6.32. The largest absolute Gasteiger partial charge is 0.455 e. The number of nitrogens with zero attached hydrogens (tertiary/aromatic N) is 1. The van der Waals surface area contributed by atoms with Crippen molar-refractivity contribution in [2.45, 2.75) is 20.5 Å². The molecule has 18 heavy (non-hydrogen) atoms. The second kappa shape index (κ2) is 5.38. The third-order valence-corrected chi connectivity index (χ3v) is 2.85. The Balaban J connectivity index is 2.36. The summed E-state index contributed by atoms with van der Waals surface area (Å²) < 4.78 is 5.74. The maximum atomic E-state index is 9.25. The van der Waals surface area contributed by atoms with Crippen molar-refractivity contribution in [1.29, 1.82) is 0 Å². The van der Waals surface area contributed by atoms with E-state index in [9.17, 15) is 5.11 Å². The molecule has 0 bridgehead atoms. The third kappa shape index (κ3) is 2.81. The van der Waals surface area contributed by atoms with E-state index in [1.807, 2.05) is 32.0 Å². The number of hydrogen-bond donors (Lipinski definition) is 1. The maximum Gasteiger partial charge on any atom is 0.146 e. The number of hydrogen-bond acceptors (Lipinski definition) is 3. The zero-order valence-electron chi connectivity index (χ0n) is 10.3. The van der Waals surface area contributed by atoms with Gasteiger partial charge in [0.1, 0.15) is 11.5 Å². The molecule has 1 heterocycles. The van der Waals surface area contributed by atoms with Crippen LogP contribution in [0.3, 0.4) is 0 Å². The topological polar surface area (TPSA) is 42.4 Å². The fraction of sp³-hybridized carbons (Fsp3) is 0.214. The zero-order chi connectivity index (χ0) is 13.1. The molecular formula is C14H14ClNO2.